The molecule has 2 fully saturated rings. The van der Waals surface area contributed by atoms with E-state index in [0.29, 0.717) is 0 Å². The zero-order chi connectivity index (χ0) is 13.5. The molecule has 1 aromatic rings. The van der Waals surface area contributed by atoms with Gasteiger partial charge >= 0.3 is 0 Å². The summed E-state index contributed by atoms with van der Waals surface area (Å²) >= 11 is 0. The fourth-order valence-electron chi connectivity index (χ4n) is 4.67. The van der Waals surface area contributed by atoms with Crippen LogP contribution in [0.3, 0.4) is 0 Å². The zero-order valence-corrected chi connectivity index (χ0v) is 12.5. The van der Waals surface area contributed by atoms with Gasteiger partial charge in [-0.25, -0.2) is 0 Å². The van der Waals surface area contributed by atoms with E-state index in [-0.39, 0.29) is 0 Å². The van der Waals surface area contributed by atoms with E-state index in [9.17, 15) is 0 Å². The molecule has 4 rings (SSSR count). The lowest BCUT2D eigenvalue weighted by molar-refractivity contribution is 0.136. The van der Waals surface area contributed by atoms with E-state index in [1.807, 2.05) is 0 Å². The molecule has 3 atom stereocenters. The highest BCUT2D eigenvalue weighted by Gasteiger charge is 2.37. The maximum Gasteiger partial charge on any atom is 0.0125 e. The first-order chi connectivity index (χ1) is 9.83. The Balaban J connectivity index is 1.42. The standard InChI is InChI=1S/C18H26N2/c1-2-20(17-10-15-7-8-16(11-17)19-15)12-14-9-13-5-3-4-6-18(13)14/h3-6,14-17,19H,2,7-12H2,1H3. The second kappa shape index (κ2) is 5.16. The second-order valence-electron chi connectivity index (χ2n) is 6.95. The molecule has 2 heterocycles. The fraction of sp³-hybridized carbons (Fsp3) is 0.667. The molecule has 2 bridgehead atoms. The normalized spacial score (nSPS) is 34.9. The van der Waals surface area contributed by atoms with Crippen molar-refractivity contribution in [3.63, 3.8) is 0 Å². The minimum absolute atomic E-state index is 0.790. The van der Waals surface area contributed by atoms with Gasteiger partial charge in [-0.2, -0.15) is 0 Å². The van der Waals surface area contributed by atoms with Gasteiger partial charge < -0.3 is 5.32 Å². The molecule has 2 aliphatic heterocycles. The van der Waals surface area contributed by atoms with Crippen LogP contribution in [0.5, 0.6) is 0 Å². The highest BCUT2D eigenvalue weighted by Crippen LogP contribution is 2.37. The number of hydrogen-bond donors (Lipinski definition) is 1. The number of piperidine rings is 1. The Labute approximate surface area is 122 Å². The van der Waals surface area contributed by atoms with Crippen molar-refractivity contribution in [3.05, 3.63) is 35.4 Å². The van der Waals surface area contributed by atoms with Gasteiger partial charge in [-0.15, -0.1) is 0 Å². The lowest BCUT2D eigenvalue weighted by atomic mass is 9.77. The predicted molar refractivity (Wildman–Crippen MR) is 83.1 cm³/mol. The van der Waals surface area contributed by atoms with Crippen LogP contribution in [0.2, 0.25) is 0 Å². The van der Waals surface area contributed by atoms with Crippen molar-refractivity contribution in [2.45, 2.75) is 63.1 Å². The quantitative estimate of drug-likeness (QED) is 0.905. The van der Waals surface area contributed by atoms with Crippen molar-refractivity contribution in [2.75, 3.05) is 13.1 Å². The van der Waals surface area contributed by atoms with Gasteiger partial charge in [0.15, 0.2) is 0 Å². The summed E-state index contributed by atoms with van der Waals surface area (Å²) in [6.45, 7) is 4.83. The number of rotatable bonds is 4. The van der Waals surface area contributed by atoms with Crippen LogP contribution in [0.25, 0.3) is 0 Å². The summed E-state index contributed by atoms with van der Waals surface area (Å²) < 4.78 is 0. The predicted octanol–water partition coefficient (Wildman–Crippen LogP) is 2.93. The van der Waals surface area contributed by atoms with Gasteiger partial charge in [0, 0.05) is 30.6 Å². The van der Waals surface area contributed by atoms with Gasteiger partial charge in [0.1, 0.15) is 0 Å². The van der Waals surface area contributed by atoms with E-state index in [2.05, 4.69) is 41.4 Å². The Hall–Kier alpha value is -0.860. The number of nitrogens with zero attached hydrogens (tertiary/aromatic N) is 1. The summed E-state index contributed by atoms with van der Waals surface area (Å²) in [5, 5.41) is 3.77. The van der Waals surface area contributed by atoms with Crippen LogP contribution in [-0.4, -0.2) is 36.1 Å². The van der Waals surface area contributed by atoms with Crippen LogP contribution in [0, 0.1) is 0 Å². The van der Waals surface area contributed by atoms with E-state index < -0.39 is 0 Å². The zero-order valence-electron chi connectivity index (χ0n) is 12.5. The molecule has 0 radical (unpaired) electrons. The van der Waals surface area contributed by atoms with Gasteiger partial charge in [0.25, 0.3) is 0 Å². The van der Waals surface area contributed by atoms with E-state index in [4.69, 9.17) is 0 Å². The van der Waals surface area contributed by atoms with Crippen molar-refractivity contribution in [3.8, 4) is 0 Å². The number of hydrogen-bond acceptors (Lipinski definition) is 2. The molecular weight excluding hydrogens is 244 g/mol. The van der Waals surface area contributed by atoms with E-state index in [0.717, 1.165) is 24.0 Å². The lowest BCUT2D eigenvalue weighted by Crippen LogP contribution is -2.49. The Morgan fingerprint density at radius 3 is 2.60 bits per heavy atom. The molecule has 0 aromatic heterocycles. The third-order valence-corrected chi connectivity index (χ3v) is 5.79. The maximum atomic E-state index is 3.77. The molecular formula is C18H26N2. The summed E-state index contributed by atoms with van der Waals surface area (Å²) in [5.41, 5.74) is 3.20. The smallest absolute Gasteiger partial charge is 0.0125 e. The molecule has 3 aliphatic rings. The summed E-state index contributed by atoms with van der Waals surface area (Å²) in [7, 11) is 0. The topological polar surface area (TPSA) is 15.3 Å². The summed E-state index contributed by atoms with van der Waals surface area (Å²) in [6, 6.07) is 11.5. The lowest BCUT2D eigenvalue weighted by Gasteiger charge is -2.41. The molecule has 20 heavy (non-hydrogen) atoms. The van der Waals surface area contributed by atoms with Crippen LogP contribution >= 0.6 is 0 Å². The third-order valence-electron chi connectivity index (χ3n) is 5.79. The SMILES string of the molecule is CCN(CC1Cc2ccccc21)C1CC2CCC(C1)N2. The molecule has 0 amide bonds. The van der Waals surface area contributed by atoms with Gasteiger partial charge in [0.2, 0.25) is 0 Å². The van der Waals surface area contributed by atoms with Crippen molar-refractivity contribution in [1.82, 2.24) is 10.2 Å². The first kappa shape index (κ1) is 12.8. The van der Waals surface area contributed by atoms with Crippen molar-refractivity contribution in [1.29, 1.82) is 0 Å². The number of benzene rings is 1. The highest BCUT2D eigenvalue weighted by molar-refractivity contribution is 5.40. The Kier molecular flexibility index (Phi) is 3.31. The Morgan fingerprint density at radius 2 is 1.90 bits per heavy atom. The summed E-state index contributed by atoms with van der Waals surface area (Å²) in [4.78, 5) is 2.77. The van der Waals surface area contributed by atoms with Gasteiger partial charge in [-0.05, 0) is 49.8 Å². The van der Waals surface area contributed by atoms with E-state index in [1.54, 1.807) is 11.1 Å². The average molecular weight is 270 g/mol. The molecule has 1 N–H and O–H groups in total. The number of fused-ring (bicyclic) bond motifs is 3. The molecule has 1 aromatic carbocycles. The first-order valence-corrected chi connectivity index (χ1v) is 8.41. The van der Waals surface area contributed by atoms with Crippen LogP contribution in [0.4, 0.5) is 0 Å². The van der Waals surface area contributed by atoms with Gasteiger partial charge in [-0.1, -0.05) is 31.2 Å². The van der Waals surface area contributed by atoms with Gasteiger partial charge in [0.05, 0.1) is 0 Å². The van der Waals surface area contributed by atoms with Crippen LogP contribution in [0.1, 0.15) is 49.7 Å². The minimum atomic E-state index is 0.790. The Morgan fingerprint density at radius 1 is 1.15 bits per heavy atom. The molecule has 3 unspecified atom stereocenters. The summed E-state index contributed by atoms with van der Waals surface area (Å²) in [6.07, 6.45) is 6.86. The largest absolute Gasteiger partial charge is 0.311 e. The first-order valence-electron chi connectivity index (χ1n) is 8.41. The van der Waals surface area contributed by atoms with Gasteiger partial charge in [-0.3, -0.25) is 4.90 Å². The monoisotopic (exact) mass is 270 g/mol. The molecule has 1 aliphatic carbocycles. The number of likely N-dealkylation sites (N-methyl/N-ethyl adjacent to an activating group) is 1. The van der Waals surface area contributed by atoms with Crippen LogP contribution < -0.4 is 5.32 Å². The minimum Gasteiger partial charge on any atom is -0.311 e. The molecule has 2 heteroatoms. The van der Waals surface area contributed by atoms with Crippen molar-refractivity contribution < 1.29 is 0 Å². The van der Waals surface area contributed by atoms with Crippen LogP contribution in [-0.2, 0) is 6.42 Å². The third kappa shape index (κ3) is 2.19. The Bertz CT molecular complexity index is 472. The van der Waals surface area contributed by atoms with Crippen molar-refractivity contribution in [2.24, 2.45) is 0 Å². The number of nitrogens with one attached hydrogen (secondary N) is 1. The fourth-order valence-corrected chi connectivity index (χ4v) is 4.67. The van der Waals surface area contributed by atoms with Crippen molar-refractivity contribution >= 4 is 0 Å². The van der Waals surface area contributed by atoms with Crippen LogP contribution in [0.15, 0.2) is 24.3 Å². The molecule has 2 nitrogen and oxygen atoms in total. The molecule has 108 valence electrons. The maximum absolute atomic E-state index is 3.77. The highest BCUT2D eigenvalue weighted by atomic mass is 15.2. The molecule has 0 spiro atoms. The molecule has 0 saturated carbocycles. The van der Waals surface area contributed by atoms with E-state index >= 15 is 0 Å². The average Bonchev–Trinajstić information content (AvgIpc) is 2.79. The summed E-state index contributed by atoms with van der Waals surface area (Å²) in [5.74, 6) is 0.790. The molecule has 2 saturated heterocycles. The second-order valence-corrected chi connectivity index (χ2v) is 6.95. The van der Waals surface area contributed by atoms with E-state index in [1.165, 1.54) is 45.2 Å².